The fourth-order valence-electron chi connectivity index (χ4n) is 2.57. The minimum atomic E-state index is 0.630. The number of ether oxygens (including phenoxy) is 1. The lowest BCUT2D eigenvalue weighted by Crippen LogP contribution is -2.44. The summed E-state index contributed by atoms with van der Waals surface area (Å²) >= 11 is 0. The molecule has 1 saturated heterocycles. The second kappa shape index (κ2) is 6.65. The maximum Gasteiger partial charge on any atom is 0.155 e. The van der Waals surface area contributed by atoms with E-state index in [2.05, 4.69) is 44.5 Å². The lowest BCUT2D eigenvalue weighted by Gasteiger charge is -2.29. The molecule has 1 aromatic carbocycles. The van der Waals surface area contributed by atoms with Crippen molar-refractivity contribution in [3.8, 4) is 11.3 Å². The molecule has 1 aromatic heterocycles. The first-order chi connectivity index (χ1) is 10.4. The molecule has 1 fully saturated rings. The van der Waals surface area contributed by atoms with E-state index >= 15 is 0 Å². The van der Waals surface area contributed by atoms with Gasteiger partial charge in [-0.2, -0.15) is 0 Å². The summed E-state index contributed by atoms with van der Waals surface area (Å²) in [7, 11) is 1.71. The highest BCUT2D eigenvalue weighted by Crippen LogP contribution is 2.27. The van der Waals surface area contributed by atoms with Crippen molar-refractivity contribution in [1.82, 2.24) is 15.3 Å². The van der Waals surface area contributed by atoms with Crippen molar-refractivity contribution in [2.45, 2.75) is 6.61 Å². The van der Waals surface area contributed by atoms with Crippen molar-refractivity contribution >= 4 is 5.82 Å². The monoisotopic (exact) mass is 284 g/mol. The Hall–Kier alpha value is -1.98. The van der Waals surface area contributed by atoms with Crippen LogP contribution < -0.4 is 10.2 Å². The van der Waals surface area contributed by atoms with Crippen molar-refractivity contribution in [3.05, 3.63) is 42.2 Å². The molecular formula is C16H20N4O. The van der Waals surface area contributed by atoms with Crippen molar-refractivity contribution in [2.75, 3.05) is 38.2 Å². The van der Waals surface area contributed by atoms with Gasteiger partial charge in [-0.1, -0.05) is 24.3 Å². The summed E-state index contributed by atoms with van der Waals surface area (Å²) in [5.74, 6) is 0.971. The number of methoxy groups -OCH3 is 1. The Bertz CT molecular complexity index is 579. The zero-order valence-electron chi connectivity index (χ0n) is 12.2. The molecule has 110 valence electrons. The maximum atomic E-state index is 5.15. The summed E-state index contributed by atoms with van der Waals surface area (Å²) in [5.41, 5.74) is 3.20. The zero-order chi connectivity index (χ0) is 14.5. The van der Waals surface area contributed by atoms with E-state index in [1.54, 1.807) is 19.5 Å². The molecule has 3 rings (SSSR count). The van der Waals surface area contributed by atoms with Gasteiger partial charge in [-0.3, -0.25) is 4.98 Å². The molecule has 0 amide bonds. The van der Waals surface area contributed by atoms with Gasteiger partial charge < -0.3 is 15.0 Å². The smallest absolute Gasteiger partial charge is 0.155 e. The minimum absolute atomic E-state index is 0.630. The predicted molar refractivity (Wildman–Crippen MR) is 83.3 cm³/mol. The van der Waals surface area contributed by atoms with Crippen LogP contribution >= 0.6 is 0 Å². The van der Waals surface area contributed by atoms with E-state index in [1.165, 1.54) is 0 Å². The molecule has 0 spiro atoms. The Balaban J connectivity index is 1.90. The molecule has 5 heteroatoms. The van der Waals surface area contributed by atoms with E-state index in [0.29, 0.717) is 6.61 Å². The highest BCUT2D eigenvalue weighted by Gasteiger charge is 2.17. The minimum Gasteiger partial charge on any atom is -0.380 e. The molecule has 2 aromatic rings. The molecule has 0 aliphatic carbocycles. The van der Waals surface area contributed by atoms with Crippen LogP contribution in [0.2, 0.25) is 0 Å². The first-order valence-corrected chi connectivity index (χ1v) is 7.23. The van der Waals surface area contributed by atoms with Gasteiger partial charge in [-0.25, -0.2) is 4.98 Å². The standard InChI is InChI=1S/C16H20N4O/c1-21-12-13-2-4-14(5-3-13)15-16(19-7-6-18-15)20-10-8-17-9-11-20/h2-7,17H,8-12H2,1H3. The molecule has 0 radical (unpaired) electrons. The number of benzene rings is 1. The number of nitrogens with zero attached hydrogens (tertiary/aromatic N) is 3. The van der Waals surface area contributed by atoms with Crippen molar-refractivity contribution in [1.29, 1.82) is 0 Å². The van der Waals surface area contributed by atoms with Gasteiger partial charge in [0.25, 0.3) is 0 Å². The largest absolute Gasteiger partial charge is 0.380 e. The van der Waals surface area contributed by atoms with E-state index in [0.717, 1.165) is 48.8 Å². The highest BCUT2D eigenvalue weighted by molar-refractivity contribution is 5.72. The first kappa shape index (κ1) is 14.0. The summed E-state index contributed by atoms with van der Waals surface area (Å²) in [6, 6.07) is 8.33. The quantitative estimate of drug-likeness (QED) is 0.926. The first-order valence-electron chi connectivity index (χ1n) is 7.23. The van der Waals surface area contributed by atoms with Crippen LogP contribution in [-0.4, -0.2) is 43.3 Å². The van der Waals surface area contributed by atoms with E-state index in [9.17, 15) is 0 Å². The van der Waals surface area contributed by atoms with Gasteiger partial charge >= 0.3 is 0 Å². The van der Waals surface area contributed by atoms with Crippen molar-refractivity contribution in [2.24, 2.45) is 0 Å². The SMILES string of the molecule is COCc1ccc(-c2nccnc2N2CCNCC2)cc1. The average Bonchev–Trinajstić information content (AvgIpc) is 2.57. The number of aromatic nitrogens is 2. The van der Waals surface area contributed by atoms with Crippen LogP contribution in [0.5, 0.6) is 0 Å². The highest BCUT2D eigenvalue weighted by atomic mass is 16.5. The topological polar surface area (TPSA) is 50.3 Å². The maximum absolute atomic E-state index is 5.15. The molecule has 5 nitrogen and oxygen atoms in total. The zero-order valence-corrected chi connectivity index (χ0v) is 12.2. The van der Waals surface area contributed by atoms with Crippen LogP contribution in [0.4, 0.5) is 5.82 Å². The van der Waals surface area contributed by atoms with Crippen molar-refractivity contribution < 1.29 is 4.74 Å². The normalized spacial score (nSPS) is 15.2. The van der Waals surface area contributed by atoms with Crippen LogP contribution in [0.3, 0.4) is 0 Å². The van der Waals surface area contributed by atoms with Gasteiger partial charge in [0.1, 0.15) is 5.69 Å². The number of nitrogens with one attached hydrogen (secondary N) is 1. The summed E-state index contributed by atoms with van der Waals surface area (Å²) in [6.07, 6.45) is 3.52. The van der Waals surface area contributed by atoms with Crippen molar-refractivity contribution in [3.63, 3.8) is 0 Å². The number of hydrogen-bond donors (Lipinski definition) is 1. The van der Waals surface area contributed by atoms with Gasteiger partial charge in [-0.05, 0) is 5.56 Å². The van der Waals surface area contributed by atoms with Crippen LogP contribution in [0.25, 0.3) is 11.3 Å². The van der Waals surface area contributed by atoms with Gasteiger partial charge in [0.05, 0.1) is 6.61 Å². The van der Waals surface area contributed by atoms with E-state index in [-0.39, 0.29) is 0 Å². The molecule has 0 bridgehead atoms. The van der Waals surface area contributed by atoms with E-state index in [1.807, 2.05) is 0 Å². The van der Waals surface area contributed by atoms with Gasteiger partial charge in [0.15, 0.2) is 5.82 Å². The Kier molecular flexibility index (Phi) is 4.43. The van der Waals surface area contributed by atoms with Gasteiger partial charge in [-0.15, -0.1) is 0 Å². The van der Waals surface area contributed by atoms with E-state index < -0.39 is 0 Å². The third-order valence-corrected chi connectivity index (χ3v) is 3.63. The molecular weight excluding hydrogens is 264 g/mol. The third kappa shape index (κ3) is 3.20. The fourth-order valence-corrected chi connectivity index (χ4v) is 2.57. The lowest BCUT2D eigenvalue weighted by molar-refractivity contribution is 0.185. The van der Waals surface area contributed by atoms with E-state index in [4.69, 9.17) is 4.74 Å². The molecule has 1 aliphatic heterocycles. The molecule has 1 aliphatic rings. The molecule has 1 N–H and O–H groups in total. The fraction of sp³-hybridized carbons (Fsp3) is 0.375. The van der Waals surface area contributed by atoms with Crippen LogP contribution in [0.1, 0.15) is 5.56 Å². The summed E-state index contributed by atoms with van der Waals surface area (Å²) < 4.78 is 5.15. The number of hydrogen-bond acceptors (Lipinski definition) is 5. The molecule has 0 atom stereocenters. The predicted octanol–water partition coefficient (Wildman–Crippen LogP) is 1.70. The average molecular weight is 284 g/mol. The Morgan fingerprint density at radius 2 is 1.81 bits per heavy atom. The summed E-state index contributed by atoms with van der Waals surface area (Å²) in [4.78, 5) is 11.4. The molecule has 21 heavy (non-hydrogen) atoms. The molecule has 0 saturated carbocycles. The van der Waals surface area contributed by atoms with Crippen LogP contribution in [0, 0.1) is 0 Å². The second-order valence-electron chi connectivity index (χ2n) is 5.10. The number of piperazine rings is 1. The third-order valence-electron chi connectivity index (χ3n) is 3.63. The summed E-state index contributed by atoms with van der Waals surface area (Å²) in [5, 5.41) is 3.36. The number of rotatable bonds is 4. The Morgan fingerprint density at radius 1 is 1.10 bits per heavy atom. The number of anilines is 1. The lowest BCUT2D eigenvalue weighted by atomic mass is 10.1. The van der Waals surface area contributed by atoms with Gasteiger partial charge in [0.2, 0.25) is 0 Å². The van der Waals surface area contributed by atoms with Gasteiger partial charge in [0, 0.05) is 51.2 Å². The van der Waals surface area contributed by atoms with Crippen LogP contribution in [0.15, 0.2) is 36.7 Å². The molecule has 2 heterocycles. The Morgan fingerprint density at radius 3 is 2.52 bits per heavy atom. The summed E-state index contributed by atoms with van der Waals surface area (Å²) in [6.45, 7) is 4.54. The molecule has 0 unspecified atom stereocenters. The Labute approximate surface area is 125 Å². The van der Waals surface area contributed by atoms with Crippen LogP contribution in [-0.2, 0) is 11.3 Å². The second-order valence-corrected chi connectivity index (χ2v) is 5.10.